The van der Waals surface area contributed by atoms with Crippen LogP contribution in [0.5, 0.6) is 0 Å². The van der Waals surface area contributed by atoms with E-state index in [1.807, 2.05) is 23.0 Å². The molecule has 4 heterocycles. The fourth-order valence-electron chi connectivity index (χ4n) is 4.18. The maximum Gasteiger partial charge on any atom is 0.0696 e. The van der Waals surface area contributed by atoms with Gasteiger partial charge in [0.1, 0.15) is 0 Å². The summed E-state index contributed by atoms with van der Waals surface area (Å²) in [6.45, 7) is 6.64. The molecule has 4 nitrogen and oxygen atoms in total. The van der Waals surface area contributed by atoms with E-state index >= 15 is 0 Å². The van der Waals surface area contributed by atoms with E-state index in [0.29, 0.717) is 17.8 Å². The maximum atomic E-state index is 4.79. The van der Waals surface area contributed by atoms with Gasteiger partial charge in [0.25, 0.3) is 0 Å². The highest BCUT2D eigenvalue weighted by Gasteiger charge is 2.39. The molecule has 4 aromatic rings. The van der Waals surface area contributed by atoms with Crippen LogP contribution < -0.4 is 0 Å². The molecule has 0 aromatic carbocycles. The standard InChI is InChI=1S/C22H24N4/c1-14(2)19-12-23-26-13-16(7-8-22(19)26)18-10-17(18)11-20-15(3)21-6-4-5-9-25(21)24-20/h4-9,12-14,17-18H,10-11H2,1-3H3. The van der Waals surface area contributed by atoms with Crippen LogP contribution in [0.4, 0.5) is 0 Å². The molecule has 1 saturated carbocycles. The molecule has 4 heteroatoms. The van der Waals surface area contributed by atoms with Gasteiger partial charge in [-0.2, -0.15) is 10.2 Å². The summed E-state index contributed by atoms with van der Waals surface area (Å²) in [4.78, 5) is 0. The second kappa shape index (κ2) is 5.70. The van der Waals surface area contributed by atoms with Crippen molar-refractivity contribution in [3.8, 4) is 0 Å². The monoisotopic (exact) mass is 344 g/mol. The molecule has 0 bridgehead atoms. The molecule has 1 aliphatic carbocycles. The highest BCUT2D eigenvalue weighted by molar-refractivity contribution is 5.57. The highest BCUT2D eigenvalue weighted by atomic mass is 15.2. The Hall–Kier alpha value is -2.62. The molecule has 1 fully saturated rings. The second-order valence-corrected chi connectivity index (χ2v) is 7.96. The van der Waals surface area contributed by atoms with Crippen LogP contribution in [0.1, 0.15) is 54.5 Å². The number of rotatable bonds is 4. The molecule has 132 valence electrons. The van der Waals surface area contributed by atoms with Crippen LogP contribution in [-0.4, -0.2) is 19.2 Å². The van der Waals surface area contributed by atoms with Crippen LogP contribution in [0.25, 0.3) is 11.0 Å². The van der Waals surface area contributed by atoms with E-state index in [1.165, 1.54) is 39.8 Å². The number of aryl methyl sites for hydroxylation is 1. The van der Waals surface area contributed by atoms with E-state index in [2.05, 4.69) is 60.8 Å². The minimum Gasteiger partial charge on any atom is -0.240 e. The molecule has 5 rings (SSSR count). The first-order valence-corrected chi connectivity index (χ1v) is 9.52. The van der Waals surface area contributed by atoms with E-state index in [9.17, 15) is 0 Å². The Morgan fingerprint density at radius 3 is 2.81 bits per heavy atom. The lowest BCUT2D eigenvalue weighted by molar-refractivity contribution is 0.749. The molecule has 0 aliphatic heterocycles. The molecule has 0 amide bonds. The average molecular weight is 344 g/mol. The summed E-state index contributed by atoms with van der Waals surface area (Å²) in [6.07, 6.45) is 8.58. The van der Waals surface area contributed by atoms with Crippen LogP contribution in [0, 0.1) is 12.8 Å². The molecule has 26 heavy (non-hydrogen) atoms. The summed E-state index contributed by atoms with van der Waals surface area (Å²) in [6, 6.07) is 10.8. The van der Waals surface area contributed by atoms with E-state index in [-0.39, 0.29) is 0 Å². The normalized spacial score (nSPS) is 19.7. The van der Waals surface area contributed by atoms with Crippen molar-refractivity contribution in [2.75, 3.05) is 0 Å². The van der Waals surface area contributed by atoms with Gasteiger partial charge in [-0.05, 0) is 66.8 Å². The molecule has 1 aliphatic rings. The van der Waals surface area contributed by atoms with Gasteiger partial charge in [0.15, 0.2) is 0 Å². The van der Waals surface area contributed by atoms with Crippen molar-refractivity contribution in [2.45, 2.75) is 45.4 Å². The summed E-state index contributed by atoms with van der Waals surface area (Å²) in [5.74, 6) is 1.83. The van der Waals surface area contributed by atoms with Gasteiger partial charge in [0, 0.05) is 18.0 Å². The zero-order valence-corrected chi connectivity index (χ0v) is 15.6. The fourth-order valence-corrected chi connectivity index (χ4v) is 4.18. The second-order valence-electron chi connectivity index (χ2n) is 7.96. The van der Waals surface area contributed by atoms with Crippen molar-refractivity contribution in [3.63, 3.8) is 0 Å². The Morgan fingerprint density at radius 2 is 2.00 bits per heavy atom. The summed E-state index contributed by atoms with van der Waals surface area (Å²) >= 11 is 0. The van der Waals surface area contributed by atoms with Crippen LogP contribution >= 0.6 is 0 Å². The Bertz CT molecular complexity index is 1100. The van der Waals surface area contributed by atoms with Gasteiger partial charge in [-0.3, -0.25) is 0 Å². The first kappa shape index (κ1) is 15.6. The molecule has 4 aromatic heterocycles. The van der Waals surface area contributed by atoms with Gasteiger partial charge >= 0.3 is 0 Å². The SMILES string of the molecule is Cc1c(CC2CC2c2ccc3c(C(C)C)cnn3c2)nn2ccccc12. The summed E-state index contributed by atoms with van der Waals surface area (Å²) in [5, 5.41) is 9.36. The number of nitrogens with zero attached hydrogens (tertiary/aromatic N) is 4. The molecule has 0 spiro atoms. The zero-order valence-electron chi connectivity index (χ0n) is 15.6. The minimum absolute atomic E-state index is 0.505. The van der Waals surface area contributed by atoms with Crippen LogP contribution in [0.3, 0.4) is 0 Å². The summed E-state index contributed by atoms with van der Waals surface area (Å²) < 4.78 is 4.06. The number of pyridine rings is 2. The first-order chi connectivity index (χ1) is 12.6. The molecule has 0 N–H and O–H groups in total. The van der Waals surface area contributed by atoms with Gasteiger partial charge in [-0.15, -0.1) is 0 Å². The predicted molar refractivity (Wildman–Crippen MR) is 104 cm³/mol. The van der Waals surface area contributed by atoms with Crippen molar-refractivity contribution in [2.24, 2.45) is 5.92 Å². The van der Waals surface area contributed by atoms with Crippen molar-refractivity contribution in [3.05, 3.63) is 71.3 Å². The van der Waals surface area contributed by atoms with Crippen molar-refractivity contribution >= 4 is 11.0 Å². The van der Waals surface area contributed by atoms with Crippen LogP contribution in [0.15, 0.2) is 48.9 Å². The fraction of sp³-hybridized carbons (Fsp3) is 0.364. The van der Waals surface area contributed by atoms with Gasteiger partial charge in [0.2, 0.25) is 0 Å². The summed E-state index contributed by atoms with van der Waals surface area (Å²) in [5.41, 5.74) is 7.74. The summed E-state index contributed by atoms with van der Waals surface area (Å²) in [7, 11) is 0. The van der Waals surface area contributed by atoms with Crippen molar-refractivity contribution in [1.82, 2.24) is 19.2 Å². The lowest BCUT2D eigenvalue weighted by atomic mass is 10.0. The number of fused-ring (bicyclic) bond motifs is 2. The van der Waals surface area contributed by atoms with Gasteiger partial charge in [-0.25, -0.2) is 9.03 Å². The molecular formula is C22H24N4. The molecule has 0 saturated heterocycles. The van der Waals surface area contributed by atoms with E-state index in [1.54, 1.807) is 0 Å². The van der Waals surface area contributed by atoms with Gasteiger partial charge < -0.3 is 0 Å². The van der Waals surface area contributed by atoms with Crippen molar-refractivity contribution in [1.29, 1.82) is 0 Å². The lowest BCUT2D eigenvalue weighted by Crippen LogP contribution is -1.96. The third kappa shape index (κ3) is 2.44. The molecular weight excluding hydrogens is 320 g/mol. The smallest absolute Gasteiger partial charge is 0.0696 e. The predicted octanol–water partition coefficient (Wildman–Crippen LogP) is 4.76. The lowest BCUT2D eigenvalue weighted by Gasteiger charge is -2.05. The Kier molecular flexibility index (Phi) is 3.42. The molecule has 2 unspecified atom stereocenters. The molecule has 2 atom stereocenters. The highest BCUT2D eigenvalue weighted by Crippen LogP contribution is 2.49. The van der Waals surface area contributed by atoms with E-state index in [0.717, 1.165) is 6.42 Å². The molecule has 0 radical (unpaired) electrons. The quantitative estimate of drug-likeness (QED) is 0.535. The minimum atomic E-state index is 0.505. The third-order valence-electron chi connectivity index (χ3n) is 5.88. The van der Waals surface area contributed by atoms with Crippen molar-refractivity contribution < 1.29 is 0 Å². The number of hydrogen-bond donors (Lipinski definition) is 0. The number of aromatic nitrogens is 4. The van der Waals surface area contributed by atoms with E-state index < -0.39 is 0 Å². The Balaban J connectivity index is 1.38. The van der Waals surface area contributed by atoms with E-state index in [4.69, 9.17) is 5.10 Å². The average Bonchev–Trinajstić information content (AvgIpc) is 3.15. The first-order valence-electron chi connectivity index (χ1n) is 9.52. The zero-order chi connectivity index (χ0) is 17.8. The number of hydrogen-bond acceptors (Lipinski definition) is 2. The Morgan fingerprint density at radius 1 is 1.12 bits per heavy atom. The van der Waals surface area contributed by atoms with Crippen LogP contribution in [-0.2, 0) is 6.42 Å². The van der Waals surface area contributed by atoms with Gasteiger partial charge in [0.05, 0.1) is 22.9 Å². The maximum absolute atomic E-state index is 4.79. The Labute approximate surface area is 153 Å². The topological polar surface area (TPSA) is 34.6 Å². The van der Waals surface area contributed by atoms with Crippen LogP contribution in [0.2, 0.25) is 0 Å². The largest absolute Gasteiger partial charge is 0.240 e. The third-order valence-corrected chi connectivity index (χ3v) is 5.88. The van der Waals surface area contributed by atoms with Gasteiger partial charge in [-0.1, -0.05) is 26.0 Å².